The molecular weight excluding hydrogens is 368 g/mol. The lowest BCUT2D eigenvalue weighted by molar-refractivity contribution is -0.138. The van der Waals surface area contributed by atoms with E-state index in [1.54, 1.807) is 45.9 Å². The first-order chi connectivity index (χ1) is 13.9. The molecule has 5 nitrogen and oxygen atoms in total. The highest BCUT2D eigenvalue weighted by atomic mass is 16.6. The lowest BCUT2D eigenvalue weighted by Gasteiger charge is -2.18. The van der Waals surface area contributed by atoms with E-state index in [0.29, 0.717) is 33.8 Å². The number of hydrogen-bond donors (Lipinski definition) is 0. The molecule has 0 radical (unpaired) electrons. The Morgan fingerprint density at radius 2 is 1.24 bits per heavy atom. The molecule has 5 heteroatoms. The lowest BCUT2D eigenvalue weighted by atomic mass is 10.1. The molecule has 0 aliphatic carbocycles. The predicted molar refractivity (Wildman–Crippen MR) is 111 cm³/mol. The van der Waals surface area contributed by atoms with E-state index >= 15 is 0 Å². The molecule has 3 aromatic rings. The fraction of sp³-hybridized carbons (Fsp3) is 0.250. The Morgan fingerprint density at radius 3 is 1.86 bits per heavy atom. The summed E-state index contributed by atoms with van der Waals surface area (Å²) in [6, 6.07) is 18.0. The topological polar surface area (TPSA) is 61.8 Å². The third kappa shape index (κ3) is 4.74. The fourth-order valence-electron chi connectivity index (χ4n) is 2.62. The van der Waals surface area contributed by atoms with Crippen LogP contribution in [0.1, 0.15) is 27.7 Å². The second kappa shape index (κ2) is 8.78. The molecule has 0 bridgehead atoms. The van der Waals surface area contributed by atoms with E-state index in [4.69, 9.17) is 14.2 Å². The molecule has 0 amide bonds. The molecule has 0 unspecified atom stereocenters. The van der Waals surface area contributed by atoms with Crippen molar-refractivity contribution in [2.45, 2.75) is 27.7 Å². The van der Waals surface area contributed by atoms with Crippen LogP contribution in [0.2, 0.25) is 0 Å². The summed E-state index contributed by atoms with van der Waals surface area (Å²) in [5.41, 5.74) is 0. The Hall–Kier alpha value is -3.34. The van der Waals surface area contributed by atoms with E-state index in [1.165, 1.54) is 0 Å². The van der Waals surface area contributed by atoms with Crippen molar-refractivity contribution in [1.82, 2.24) is 0 Å². The first-order valence-corrected chi connectivity index (χ1v) is 9.59. The molecule has 150 valence electrons. The molecule has 0 heterocycles. The van der Waals surface area contributed by atoms with E-state index in [0.717, 1.165) is 0 Å². The van der Waals surface area contributed by atoms with Gasteiger partial charge in [-0.15, -0.1) is 0 Å². The van der Waals surface area contributed by atoms with Gasteiger partial charge in [-0.05, 0) is 12.1 Å². The zero-order valence-corrected chi connectivity index (χ0v) is 17.0. The standard InChI is InChI=1S/C24H24O5/c1-15(2)23(25)28-20-14-21(27-17-10-6-5-7-11-17)22(29-24(26)16(3)4)19-13-9-8-12-18(19)20/h5-16H,1-4H3. The minimum Gasteiger partial charge on any atom is -0.453 e. The molecule has 0 N–H and O–H groups in total. The number of carbonyl (C=O) groups is 2. The Kier molecular flexibility index (Phi) is 6.17. The molecule has 0 saturated carbocycles. The van der Waals surface area contributed by atoms with Crippen molar-refractivity contribution in [2.24, 2.45) is 11.8 Å². The van der Waals surface area contributed by atoms with Gasteiger partial charge in [0, 0.05) is 16.8 Å². The highest BCUT2D eigenvalue weighted by Gasteiger charge is 2.22. The van der Waals surface area contributed by atoms with Crippen molar-refractivity contribution in [3.63, 3.8) is 0 Å². The molecule has 0 spiro atoms. The second-order valence-corrected chi connectivity index (χ2v) is 7.31. The van der Waals surface area contributed by atoms with Gasteiger partial charge < -0.3 is 14.2 Å². The molecule has 0 aliphatic heterocycles. The van der Waals surface area contributed by atoms with Crippen molar-refractivity contribution in [1.29, 1.82) is 0 Å². The number of rotatable bonds is 6. The van der Waals surface area contributed by atoms with Crippen LogP contribution in [-0.4, -0.2) is 11.9 Å². The molecule has 0 atom stereocenters. The van der Waals surface area contributed by atoms with Crippen LogP contribution in [0.15, 0.2) is 60.7 Å². The molecule has 3 aromatic carbocycles. The summed E-state index contributed by atoms with van der Waals surface area (Å²) >= 11 is 0. The van der Waals surface area contributed by atoms with Crippen LogP contribution < -0.4 is 14.2 Å². The van der Waals surface area contributed by atoms with Gasteiger partial charge in [0.05, 0.1) is 11.8 Å². The Morgan fingerprint density at radius 1 is 0.690 bits per heavy atom. The molecule has 0 saturated heterocycles. The van der Waals surface area contributed by atoms with E-state index in [1.807, 2.05) is 42.5 Å². The van der Waals surface area contributed by atoms with Gasteiger partial charge >= 0.3 is 11.9 Å². The number of ether oxygens (including phenoxy) is 3. The van der Waals surface area contributed by atoms with Gasteiger partial charge in [-0.25, -0.2) is 0 Å². The van der Waals surface area contributed by atoms with Gasteiger partial charge in [-0.2, -0.15) is 0 Å². The van der Waals surface area contributed by atoms with Crippen molar-refractivity contribution in [3.05, 3.63) is 60.7 Å². The van der Waals surface area contributed by atoms with Crippen molar-refractivity contribution >= 4 is 22.7 Å². The molecule has 0 fully saturated rings. The number of carbonyl (C=O) groups excluding carboxylic acids is 2. The van der Waals surface area contributed by atoms with E-state index in [-0.39, 0.29) is 23.8 Å². The summed E-state index contributed by atoms with van der Waals surface area (Å²) in [5, 5.41) is 1.29. The van der Waals surface area contributed by atoms with Crippen molar-refractivity contribution in [3.8, 4) is 23.0 Å². The zero-order valence-electron chi connectivity index (χ0n) is 17.0. The van der Waals surface area contributed by atoms with E-state index in [9.17, 15) is 9.59 Å². The Labute approximate surface area is 170 Å². The Balaban J connectivity index is 2.17. The fourth-order valence-corrected chi connectivity index (χ4v) is 2.62. The highest BCUT2D eigenvalue weighted by molar-refractivity contribution is 5.98. The first-order valence-electron chi connectivity index (χ1n) is 9.59. The van der Waals surface area contributed by atoms with Gasteiger partial charge in [-0.3, -0.25) is 9.59 Å². The smallest absolute Gasteiger partial charge is 0.313 e. The quantitative estimate of drug-likeness (QED) is 0.394. The minimum atomic E-state index is -0.375. The van der Waals surface area contributed by atoms with E-state index in [2.05, 4.69) is 0 Å². The van der Waals surface area contributed by atoms with Crippen LogP contribution in [0, 0.1) is 11.8 Å². The number of para-hydroxylation sites is 1. The van der Waals surface area contributed by atoms with Crippen LogP contribution in [0.3, 0.4) is 0 Å². The van der Waals surface area contributed by atoms with Gasteiger partial charge in [0.1, 0.15) is 11.5 Å². The molecular formula is C24H24O5. The third-order valence-electron chi connectivity index (χ3n) is 4.25. The number of fused-ring (bicyclic) bond motifs is 1. The Bertz CT molecular complexity index is 1020. The molecule has 0 aliphatic rings. The van der Waals surface area contributed by atoms with Crippen molar-refractivity contribution < 1.29 is 23.8 Å². The maximum Gasteiger partial charge on any atom is 0.313 e. The van der Waals surface area contributed by atoms with Crippen molar-refractivity contribution in [2.75, 3.05) is 0 Å². The van der Waals surface area contributed by atoms with Crippen LogP contribution in [0.4, 0.5) is 0 Å². The van der Waals surface area contributed by atoms with Gasteiger partial charge in [0.25, 0.3) is 0 Å². The maximum absolute atomic E-state index is 12.3. The summed E-state index contributed by atoms with van der Waals surface area (Å²) < 4.78 is 17.3. The summed E-state index contributed by atoms with van der Waals surface area (Å²) in [6.07, 6.45) is 0. The maximum atomic E-state index is 12.3. The largest absolute Gasteiger partial charge is 0.453 e. The molecule has 29 heavy (non-hydrogen) atoms. The number of esters is 2. The van der Waals surface area contributed by atoms with Gasteiger partial charge in [-0.1, -0.05) is 70.2 Å². The van der Waals surface area contributed by atoms with Gasteiger partial charge in [0.15, 0.2) is 11.5 Å². The highest BCUT2D eigenvalue weighted by Crippen LogP contribution is 2.43. The lowest BCUT2D eigenvalue weighted by Crippen LogP contribution is -2.16. The SMILES string of the molecule is CC(C)C(=O)Oc1cc(Oc2ccccc2)c(OC(=O)C(C)C)c2ccccc12. The summed E-state index contributed by atoms with van der Waals surface area (Å²) in [7, 11) is 0. The summed E-state index contributed by atoms with van der Waals surface area (Å²) in [5.74, 6) is 0.207. The molecule has 0 aromatic heterocycles. The van der Waals surface area contributed by atoms with Crippen LogP contribution >= 0.6 is 0 Å². The monoisotopic (exact) mass is 392 g/mol. The van der Waals surface area contributed by atoms with E-state index < -0.39 is 0 Å². The van der Waals surface area contributed by atoms with Gasteiger partial charge in [0.2, 0.25) is 0 Å². The first kappa shape index (κ1) is 20.4. The van der Waals surface area contributed by atoms with Crippen LogP contribution in [0.5, 0.6) is 23.0 Å². The number of benzene rings is 3. The van der Waals surface area contributed by atoms with Crippen LogP contribution in [-0.2, 0) is 9.59 Å². The zero-order chi connectivity index (χ0) is 21.0. The average Bonchev–Trinajstić information content (AvgIpc) is 2.71. The summed E-state index contributed by atoms with van der Waals surface area (Å²) in [4.78, 5) is 24.6. The minimum absolute atomic E-state index is 0.286. The predicted octanol–water partition coefficient (Wildman–Crippen LogP) is 5.75. The second-order valence-electron chi connectivity index (χ2n) is 7.31. The summed E-state index contributed by atoms with van der Waals surface area (Å²) in [6.45, 7) is 7.07. The normalized spacial score (nSPS) is 11.0. The number of hydrogen-bond acceptors (Lipinski definition) is 5. The van der Waals surface area contributed by atoms with Crippen LogP contribution in [0.25, 0.3) is 10.8 Å². The average molecular weight is 392 g/mol. The molecule has 3 rings (SSSR count). The third-order valence-corrected chi connectivity index (χ3v) is 4.25.